The van der Waals surface area contributed by atoms with Crippen molar-refractivity contribution in [1.82, 2.24) is 4.98 Å². The van der Waals surface area contributed by atoms with Gasteiger partial charge in [-0.1, -0.05) is 11.6 Å². The Morgan fingerprint density at radius 2 is 2.29 bits per heavy atom. The maximum atomic E-state index is 11.8. The van der Waals surface area contributed by atoms with Gasteiger partial charge in [0.2, 0.25) is 0 Å². The number of carbonyl (C=O) groups is 1. The van der Waals surface area contributed by atoms with Crippen molar-refractivity contribution in [3.05, 3.63) is 39.9 Å². The van der Waals surface area contributed by atoms with Gasteiger partial charge < -0.3 is 11.1 Å². The molecule has 0 bridgehead atoms. The van der Waals surface area contributed by atoms with E-state index in [4.69, 9.17) is 17.3 Å². The summed E-state index contributed by atoms with van der Waals surface area (Å²) in [4.78, 5) is 15.7. The first-order valence-corrected chi connectivity index (χ1v) is 6.10. The summed E-state index contributed by atoms with van der Waals surface area (Å²) in [5, 5.41) is 5.39. The maximum Gasteiger partial charge on any atom is 0.275 e. The zero-order chi connectivity index (χ0) is 12.4. The molecule has 0 saturated carbocycles. The number of hydrogen-bond acceptors (Lipinski definition) is 4. The second-order valence-electron chi connectivity index (χ2n) is 3.48. The van der Waals surface area contributed by atoms with E-state index >= 15 is 0 Å². The number of aromatic nitrogens is 1. The van der Waals surface area contributed by atoms with Gasteiger partial charge in [-0.2, -0.15) is 0 Å². The van der Waals surface area contributed by atoms with Gasteiger partial charge in [-0.3, -0.25) is 4.79 Å². The van der Waals surface area contributed by atoms with Gasteiger partial charge in [-0.15, -0.1) is 11.3 Å². The molecule has 4 nitrogen and oxygen atoms in total. The number of carbonyl (C=O) groups excluding carboxylic acids is 1. The average Bonchev–Trinajstić information content (AvgIpc) is 2.69. The average molecular weight is 268 g/mol. The molecule has 0 fully saturated rings. The van der Waals surface area contributed by atoms with Gasteiger partial charge >= 0.3 is 0 Å². The minimum Gasteiger partial charge on any atom is -0.375 e. The lowest BCUT2D eigenvalue weighted by atomic mass is 10.2. The van der Waals surface area contributed by atoms with Crippen molar-refractivity contribution in [3.8, 4) is 0 Å². The fourth-order valence-electron chi connectivity index (χ4n) is 1.35. The van der Waals surface area contributed by atoms with Crippen molar-refractivity contribution in [2.45, 2.75) is 6.92 Å². The quantitative estimate of drug-likeness (QED) is 0.879. The van der Waals surface area contributed by atoms with Crippen LogP contribution in [0.25, 0.3) is 0 Å². The second kappa shape index (κ2) is 4.73. The van der Waals surface area contributed by atoms with E-state index in [0.717, 1.165) is 5.56 Å². The summed E-state index contributed by atoms with van der Waals surface area (Å²) in [6.07, 6.45) is 0. The van der Waals surface area contributed by atoms with E-state index in [1.807, 2.05) is 6.92 Å². The van der Waals surface area contributed by atoms with Crippen molar-refractivity contribution in [2.75, 3.05) is 11.1 Å². The largest absolute Gasteiger partial charge is 0.375 e. The number of thiazole rings is 1. The molecule has 1 aromatic carbocycles. The minimum absolute atomic E-state index is 0.275. The molecule has 0 aliphatic heterocycles. The predicted molar refractivity (Wildman–Crippen MR) is 70.7 cm³/mol. The smallest absolute Gasteiger partial charge is 0.275 e. The van der Waals surface area contributed by atoms with Gasteiger partial charge in [0.25, 0.3) is 5.91 Å². The molecule has 0 atom stereocenters. The molecule has 1 amide bonds. The molecule has 88 valence electrons. The Balaban J connectivity index is 2.18. The Bertz CT molecular complexity index is 568. The van der Waals surface area contributed by atoms with Crippen LogP contribution in [0.3, 0.4) is 0 Å². The maximum absolute atomic E-state index is 11.8. The van der Waals surface area contributed by atoms with Crippen LogP contribution in [0, 0.1) is 6.92 Å². The Hall–Kier alpha value is -1.59. The van der Waals surface area contributed by atoms with Crippen LogP contribution in [0.4, 0.5) is 10.8 Å². The molecule has 1 heterocycles. The lowest BCUT2D eigenvalue weighted by molar-refractivity contribution is 0.102. The lowest BCUT2D eigenvalue weighted by Crippen LogP contribution is -2.13. The first-order valence-electron chi connectivity index (χ1n) is 4.85. The molecular weight excluding hydrogens is 258 g/mol. The SMILES string of the molecule is Cc1cc(Cl)ccc1NC(=O)c1csc(N)n1. The van der Waals surface area contributed by atoms with E-state index in [0.29, 0.717) is 21.5 Å². The number of hydrogen-bond donors (Lipinski definition) is 2. The highest BCUT2D eigenvalue weighted by Gasteiger charge is 2.11. The highest BCUT2D eigenvalue weighted by molar-refractivity contribution is 7.13. The molecule has 0 saturated heterocycles. The number of rotatable bonds is 2. The second-order valence-corrected chi connectivity index (χ2v) is 4.81. The highest BCUT2D eigenvalue weighted by Crippen LogP contribution is 2.20. The molecule has 2 rings (SSSR count). The number of nitrogen functional groups attached to an aromatic ring is 1. The molecule has 1 aromatic heterocycles. The third-order valence-electron chi connectivity index (χ3n) is 2.19. The predicted octanol–water partition coefficient (Wildman–Crippen LogP) is 2.94. The van der Waals surface area contributed by atoms with Crippen LogP contribution in [0.2, 0.25) is 5.02 Å². The number of halogens is 1. The molecule has 6 heteroatoms. The topological polar surface area (TPSA) is 68.0 Å². The molecule has 0 aliphatic rings. The van der Waals surface area contributed by atoms with E-state index in [1.165, 1.54) is 11.3 Å². The lowest BCUT2D eigenvalue weighted by Gasteiger charge is -2.06. The summed E-state index contributed by atoms with van der Waals surface area (Å²) in [7, 11) is 0. The Morgan fingerprint density at radius 3 is 2.88 bits per heavy atom. The molecule has 3 N–H and O–H groups in total. The minimum atomic E-state index is -0.275. The Labute approximate surface area is 107 Å². The molecule has 0 unspecified atom stereocenters. The molecular formula is C11H10ClN3OS. The number of anilines is 2. The summed E-state index contributed by atoms with van der Waals surface area (Å²) in [5.41, 5.74) is 7.40. The Morgan fingerprint density at radius 1 is 1.53 bits per heavy atom. The zero-order valence-corrected chi connectivity index (χ0v) is 10.6. The van der Waals surface area contributed by atoms with Crippen LogP contribution in [0.15, 0.2) is 23.6 Å². The fraction of sp³-hybridized carbons (Fsp3) is 0.0909. The molecule has 0 spiro atoms. The van der Waals surface area contributed by atoms with Crippen molar-refractivity contribution in [1.29, 1.82) is 0 Å². The zero-order valence-electron chi connectivity index (χ0n) is 9.03. The van der Waals surface area contributed by atoms with Crippen molar-refractivity contribution in [3.63, 3.8) is 0 Å². The molecule has 0 aliphatic carbocycles. The van der Waals surface area contributed by atoms with Crippen LogP contribution in [0.1, 0.15) is 16.1 Å². The first-order chi connectivity index (χ1) is 8.06. The van der Waals surface area contributed by atoms with Crippen LogP contribution < -0.4 is 11.1 Å². The highest BCUT2D eigenvalue weighted by atomic mass is 35.5. The number of nitrogens with zero attached hydrogens (tertiary/aromatic N) is 1. The summed E-state index contributed by atoms with van der Waals surface area (Å²) in [6.45, 7) is 1.87. The van der Waals surface area contributed by atoms with Crippen LogP contribution in [-0.2, 0) is 0 Å². The molecule has 0 radical (unpaired) electrons. The fourth-order valence-corrected chi connectivity index (χ4v) is 2.12. The normalized spacial score (nSPS) is 10.2. The van der Waals surface area contributed by atoms with Crippen molar-refractivity contribution < 1.29 is 4.79 Å². The summed E-state index contributed by atoms with van der Waals surface area (Å²) < 4.78 is 0. The summed E-state index contributed by atoms with van der Waals surface area (Å²) in [5.74, 6) is -0.275. The van der Waals surface area contributed by atoms with Gasteiger partial charge in [-0.05, 0) is 30.7 Å². The molecule has 2 aromatic rings. The van der Waals surface area contributed by atoms with E-state index < -0.39 is 0 Å². The van der Waals surface area contributed by atoms with E-state index in [2.05, 4.69) is 10.3 Å². The number of aryl methyl sites for hydroxylation is 1. The van der Waals surface area contributed by atoms with E-state index in [9.17, 15) is 4.79 Å². The van der Waals surface area contributed by atoms with E-state index in [1.54, 1.807) is 23.6 Å². The van der Waals surface area contributed by atoms with Crippen LogP contribution in [-0.4, -0.2) is 10.9 Å². The standard InChI is InChI=1S/C11H10ClN3OS/c1-6-4-7(12)2-3-8(6)14-10(16)9-5-17-11(13)15-9/h2-5H,1H3,(H2,13,15)(H,14,16). The van der Waals surface area contributed by atoms with Crippen molar-refractivity contribution >= 4 is 39.7 Å². The third kappa shape index (κ3) is 2.75. The van der Waals surface area contributed by atoms with E-state index in [-0.39, 0.29) is 5.91 Å². The number of nitrogens with two attached hydrogens (primary N) is 1. The third-order valence-corrected chi connectivity index (χ3v) is 3.10. The van der Waals surface area contributed by atoms with Gasteiger partial charge in [0.1, 0.15) is 5.69 Å². The monoisotopic (exact) mass is 267 g/mol. The number of benzene rings is 1. The summed E-state index contributed by atoms with van der Waals surface area (Å²) in [6, 6.07) is 5.26. The molecule has 17 heavy (non-hydrogen) atoms. The van der Waals surface area contributed by atoms with Gasteiger partial charge in [0.05, 0.1) is 0 Å². The van der Waals surface area contributed by atoms with Crippen LogP contribution >= 0.6 is 22.9 Å². The van der Waals surface area contributed by atoms with Gasteiger partial charge in [-0.25, -0.2) is 4.98 Å². The Kier molecular flexibility index (Phi) is 3.31. The first kappa shape index (κ1) is 11.9. The number of nitrogens with one attached hydrogen (secondary N) is 1. The van der Waals surface area contributed by atoms with Crippen molar-refractivity contribution in [2.24, 2.45) is 0 Å². The van der Waals surface area contributed by atoms with Crippen LogP contribution in [0.5, 0.6) is 0 Å². The number of amides is 1. The van der Waals surface area contributed by atoms with Gasteiger partial charge in [0, 0.05) is 16.1 Å². The van der Waals surface area contributed by atoms with Gasteiger partial charge in [0.15, 0.2) is 5.13 Å². The summed E-state index contributed by atoms with van der Waals surface area (Å²) >= 11 is 7.07.